The molecule has 3 aromatic rings. The minimum atomic E-state index is -0.972. The fourth-order valence-corrected chi connectivity index (χ4v) is 6.91. The molecule has 0 bridgehead atoms. The summed E-state index contributed by atoms with van der Waals surface area (Å²) in [5.74, 6) is -0.768. The largest absolute Gasteiger partial charge is 0.445 e. The predicted octanol–water partition coefficient (Wildman–Crippen LogP) is 4.64. The molecular weight excluding hydrogens is 626 g/mol. The Morgan fingerprint density at radius 1 is 0.939 bits per heavy atom. The molecule has 260 valence electrons. The van der Waals surface area contributed by atoms with Crippen molar-refractivity contribution in [2.45, 2.75) is 76.5 Å². The number of aliphatic hydroxyl groups is 1. The Balaban J connectivity index is 1.11. The molecule has 0 saturated carbocycles. The van der Waals surface area contributed by atoms with Crippen LogP contribution < -0.4 is 5.32 Å². The summed E-state index contributed by atoms with van der Waals surface area (Å²) in [4.78, 5) is 41.9. The maximum Gasteiger partial charge on any atom is 0.408 e. The minimum Gasteiger partial charge on any atom is -0.445 e. The normalized spacial score (nSPS) is 25.9. The van der Waals surface area contributed by atoms with Gasteiger partial charge in [-0.2, -0.15) is 0 Å². The monoisotopic (exact) mass is 671 g/mol. The number of nitrogens with one attached hydrogen (secondary N) is 1. The zero-order chi connectivity index (χ0) is 34.3. The van der Waals surface area contributed by atoms with Crippen LogP contribution in [0.2, 0.25) is 0 Å². The summed E-state index contributed by atoms with van der Waals surface area (Å²) in [6.45, 7) is 4.72. The van der Waals surface area contributed by atoms with E-state index in [1.165, 1.54) is 4.90 Å². The van der Waals surface area contributed by atoms with Gasteiger partial charge in [0.2, 0.25) is 5.91 Å². The van der Waals surface area contributed by atoms with Crippen molar-refractivity contribution < 1.29 is 38.4 Å². The maximum absolute atomic E-state index is 13.1. The number of aliphatic hydroxyl groups excluding tert-OH is 1. The van der Waals surface area contributed by atoms with Crippen molar-refractivity contribution in [3.05, 3.63) is 107 Å². The Morgan fingerprint density at radius 3 is 2.37 bits per heavy atom. The molecule has 3 aromatic carbocycles. The number of hydrogen-bond acceptors (Lipinski definition) is 9. The third-order valence-corrected chi connectivity index (χ3v) is 9.74. The van der Waals surface area contributed by atoms with Gasteiger partial charge in [0, 0.05) is 31.2 Å². The smallest absolute Gasteiger partial charge is 0.408 e. The standard InChI is InChI=1S/C38H45N3O8/c1-25-33(21-40-18-6-9-31(40)24-46-2)48-37(49-35(25)29-14-12-27(22-42)13-15-29)30-16-10-26(11-17-30)20-41-34(43)19-32(36(41)44)39-38(45)47-23-28-7-4-3-5-8-28/h3-5,7-8,10-17,25,31-33,35,37,42H,6,9,18-24H2,1-2H3,(H,39,45). The molecule has 0 aliphatic carbocycles. The molecule has 6 rings (SSSR count). The van der Waals surface area contributed by atoms with Crippen molar-refractivity contribution in [2.75, 3.05) is 26.8 Å². The number of methoxy groups -OCH3 is 1. The molecule has 3 aliphatic heterocycles. The van der Waals surface area contributed by atoms with Crippen LogP contribution in [0.4, 0.5) is 4.79 Å². The van der Waals surface area contributed by atoms with Crippen LogP contribution in [0.25, 0.3) is 0 Å². The van der Waals surface area contributed by atoms with Gasteiger partial charge < -0.3 is 29.4 Å². The van der Waals surface area contributed by atoms with Crippen LogP contribution in [0.5, 0.6) is 0 Å². The van der Waals surface area contributed by atoms with E-state index in [1.54, 1.807) is 7.11 Å². The quantitative estimate of drug-likeness (QED) is 0.265. The molecule has 11 nitrogen and oxygen atoms in total. The van der Waals surface area contributed by atoms with Gasteiger partial charge in [0.25, 0.3) is 5.91 Å². The molecule has 0 aromatic heterocycles. The minimum absolute atomic E-state index is 0.0228. The molecule has 2 N–H and O–H groups in total. The van der Waals surface area contributed by atoms with E-state index in [9.17, 15) is 19.5 Å². The first kappa shape index (κ1) is 34.7. The van der Waals surface area contributed by atoms with Crippen LogP contribution in [0.15, 0.2) is 78.9 Å². The molecule has 49 heavy (non-hydrogen) atoms. The number of amides is 3. The van der Waals surface area contributed by atoms with E-state index in [0.717, 1.165) is 53.7 Å². The Labute approximate surface area is 287 Å². The van der Waals surface area contributed by atoms with Gasteiger partial charge in [-0.05, 0) is 41.6 Å². The average Bonchev–Trinajstić information content (AvgIpc) is 3.67. The first-order chi connectivity index (χ1) is 23.8. The molecule has 3 fully saturated rings. The number of ether oxygens (including phenoxy) is 4. The highest BCUT2D eigenvalue weighted by molar-refractivity contribution is 6.06. The van der Waals surface area contributed by atoms with Gasteiger partial charge in [0.15, 0.2) is 6.29 Å². The van der Waals surface area contributed by atoms with Crippen molar-refractivity contribution in [3.63, 3.8) is 0 Å². The average molecular weight is 672 g/mol. The fourth-order valence-electron chi connectivity index (χ4n) is 6.91. The first-order valence-corrected chi connectivity index (χ1v) is 17.0. The lowest BCUT2D eigenvalue weighted by molar-refractivity contribution is -0.276. The number of likely N-dealkylation sites (tertiary alicyclic amines) is 2. The van der Waals surface area contributed by atoms with Crippen LogP contribution in [0.3, 0.4) is 0 Å². The summed E-state index contributed by atoms with van der Waals surface area (Å²) in [5.41, 5.74) is 4.26. The Hall–Kier alpha value is -4.13. The number of benzene rings is 3. The second-order valence-electron chi connectivity index (χ2n) is 13.1. The Bertz CT molecular complexity index is 1570. The lowest BCUT2D eigenvalue weighted by Gasteiger charge is -2.43. The highest BCUT2D eigenvalue weighted by atomic mass is 16.7. The van der Waals surface area contributed by atoms with Crippen LogP contribution in [-0.4, -0.2) is 77.8 Å². The van der Waals surface area contributed by atoms with E-state index in [0.29, 0.717) is 12.6 Å². The van der Waals surface area contributed by atoms with Gasteiger partial charge in [0.1, 0.15) is 12.6 Å². The van der Waals surface area contributed by atoms with Gasteiger partial charge in [-0.1, -0.05) is 85.8 Å². The topological polar surface area (TPSA) is 127 Å². The summed E-state index contributed by atoms with van der Waals surface area (Å²) in [7, 11) is 1.74. The number of hydrogen-bond donors (Lipinski definition) is 2. The van der Waals surface area contributed by atoms with Crippen LogP contribution in [0, 0.1) is 5.92 Å². The highest BCUT2D eigenvalue weighted by Gasteiger charge is 2.42. The lowest BCUT2D eigenvalue weighted by atomic mass is 9.90. The third kappa shape index (κ3) is 8.37. The van der Waals surface area contributed by atoms with Gasteiger partial charge in [0.05, 0.1) is 38.4 Å². The molecule has 3 amide bonds. The van der Waals surface area contributed by atoms with Crippen LogP contribution in [-0.2, 0) is 48.3 Å². The zero-order valence-corrected chi connectivity index (χ0v) is 28.0. The summed E-state index contributed by atoms with van der Waals surface area (Å²) in [6.07, 6.45) is 0.378. The summed E-state index contributed by atoms with van der Waals surface area (Å²) >= 11 is 0. The SMILES string of the molecule is COCC1CCCN1CC1OC(c2ccc(CN3C(=O)CC(NC(=O)OCc4ccccc4)C3=O)cc2)OC(c2ccc(CO)cc2)C1C. The number of imide groups is 1. The first-order valence-electron chi connectivity index (χ1n) is 17.0. The molecule has 3 aliphatic rings. The fraction of sp³-hybridized carbons (Fsp3) is 0.447. The zero-order valence-electron chi connectivity index (χ0n) is 28.0. The molecule has 6 unspecified atom stereocenters. The number of rotatable bonds is 12. The molecule has 3 heterocycles. The Kier molecular flexibility index (Phi) is 11.4. The van der Waals surface area contributed by atoms with Crippen molar-refractivity contribution in [3.8, 4) is 0 Å². The number of alkyl carbamates (subject to hydrolysis) is 1. The third-order valence-electron chi connectivity index (χ3n) is 9.74. The van der Waals surface area contributed by atoms with Crippen molar-refractivity contribution in [1.82, 2.24) is 15.1 Å². The van der Waals surface area contributed by atoms with E-state index >= 15 is 0 Å². The van der Waals surface area contributed by atoms with E-state index in [1.807, 2.05) is 78.9 Å². The summed E-state index contributed by atoms with van der Waals surface area (Å²) in [6, 6.07) is 24.0. The molecular formula is C38H45N3O8. The molecule has 3 saturated heterocycles. The Morgan fingerprint density at radius 2 is 1.65 bits per heavy atom. The predicted molar refractivity (Wildman–Crippen MR) is 180 cm³/mol. The van der Waals surface area contributed by atoms with Gasteiger partial charge in [-0.3, -0.25) is 19.4 Å². The van der Waals surface area contributed by atoms with Crippen molar-refractivity contribution in [2.24, 2.45) is 5.92 Å². The summed E-state index contributed by atoms with van der Waals surface area (Å²) in [5, 5.41) is 12.1. The van der Waals surface area contributed by atoms with E-state index in [-0.39, 0.29) is 50.2 Å². The number of carbonyl (C=O) groups excluding carboxylic acids is 3. The van der Waals surface area contributed by atoms with Gasteiger partial charge >= 0.3 is 6.09 Å². The number of nitrogens with zero attached hydrogens (tertiary/aromatic N) is 2. The van der Waals surface area contributed by atoms with Crippen LogP contribution in [0.1, 0.15) is 66.4 Å². The lowest BCUT2D eigenvalue weighted by Crippen LogP contribution is -2.46. The molecule has 11 heteroatoms. The van der Waals surface area contributed by atoms with Crippen molar-refractivity contribution >= 4 is 17.9 Å². The molecule has 0 radical (unpaired) electrons. The van der Waals surface area contributed by atoms with E-state index in [2.05, 4.69) is 17.1 Å². The second-order valence-corrected chi connectivity index (χ2v) is 13.1. The van der Waals surface area contributed by atoms with Gasteiger partial charge in [-0.25, -0.2) is 4.79 Å². The van der Waals surface area contributed by atoms with E-state index in [4.69, 9.17) is 18.9 Å². The highest BCUT2D eigenvalue weighted by Crippen LogP contribution is 2.42. The van der Waals surface area contributed by atoms with Crippen molar-refractivity contribution in [1.29, 1.82) is 0 Å². The number of carbonyl (C=O) groups is 3. The van der Waals surface area contributed by atoms with Gasteiger partial charge in [-0.15, -0.1) is 0 Å². The molecule has 6 atom stereocenters. The maximum atomic E-state index is 13.1. The van der Waals surface area contributed by atoms with E-state index < -0.39 is 24.3 Å². The van der Waals surface area contributed by atoms with Crippen LogP contribution >= 0.6 is 0 Å². The molecule has 0 spiro atoms. The summed E-state index contributed by atoms with van der Waals surface area (Å²) < 4.78 is 24.0. The second kappa shape index (κ2) is 16.1.